The molecule has 8 heteroatoms. The quantitative estimate of drug-likeness (QED) is 0.654. The second-order valence-electron chi connectivity index (χ2n) is 6.72. The summed E-state index contributed by atoms with van der Waals surface area (Å²) in [5, 5.41) is 5.99. The Hall–Kier alpha value is -2.48. The summed E-state index contributed by atoms with van der Waals surface area (Å²) in [7, 11) is 0. The molecule has 4 N–H and O–H groups in total. The maximum atomic E-state index is 12.2. The van der Waals surface area contributed by atoms with Crippen molar-refractivity contribution in [3.63, 3.8) is 0 Å². The number of rotatable bonds is 4. The van der Waals surface area contributed by atoms with Gasteiger partial charge in [-0.25, -0.2) is 0 Å². The van der Waals surface area contributed by atoms with Crippen molar-refractivity contribution in [3.05, 3.63) is 29.1 Å². The number of piperidine rings is 1. The molecule has 3 rings (SSSR count). The number of primary amides is 1. The molecule has 25 heavy (non-hydrogen) atoms. The van der Waals surface area contributed by atoms with Crippen LogP contribution in [0, 0.1) is 12.3 Å². The van der Waals surface area contributed by atoms with Gasteiger partial charge in [-0.05, 0) is 44.5 Å². The van der Waals surface area contributed by atoms with Crippen molar-refractivity contribution >= 4 is 17.8 Å². The highest BCUT2D eigenvalue weighted by Gasteiger charge is 2.49. The molecule has 0 aromatic carbocycles. The maximum Gasteiger partial charge on any atom is 0.312 e. The molecule has 1 unspecified atom stereocenters. The Bertz CT molecular complexity index is 713. The Morgan fingerprint density at radius 2 is 2.16 bits per heavy atom. The lowest BCUT2D eigenvalue weighted by Gasteiger charge is -2.29. The summed E-state index contributed by atoms with van der Waals surface area (Å²) >= 11 is 0. The van der Waals surface area contributed by atoms with Crippen molar-refractivity contribution in [1.82, 2.24) is 15.6 Å². The average Bonchev–Trinajstić information content (AvgIpc) is 2.88. The van der Waals surface area contributed by atoms with Gasteiger partial charge in [-0.2, -0.15) is 0 Å². The largest absolute Gasteiger partial charge is 0.460 e. The van der Waals surface area contributed by atoms with Crippen LogP contribution in [0.1, 0.15) is 45.7 Å². The molecule has 0 bridgehead atoms. The van der Waals surface area contributed by atoms with Crippen molar-refractivity contribution in [2.75, 3.05) is 19.6 Å². The summed E-state index contributed by atoms with van der Waals surface area (Å²) in [6, 6.07) is 1.52. The van der Waals surface area contributed by atoms with Crippen LogP contribution in [0.2, 0.25) is 0 Å². The van der Waals surface area contributed by atoms with Crippen molar-refractivity contribution in [2.24, 2.45) is 11.1 Å². The zero-order valence-electron chi connectivity index (χ0n) is 14.1. The average molecular weight is 346 g/mol. The van der Waals surface area contributed by atoms with E-state index in [0.717, 1.165) is 25.9 Å². The third-order valence-corrected chi connectivity index (χ3v) is 4.98. The molecule has 0 radical (unpaired) electrons. The molecule has 2 aliphatic rings. The highest BCUT2D eigenvalue weighted by Crippen LogP contribution is 2.41. The SMILES string of the molecule is Cc1cc(C(=O)NCC2CC3(CCNCC3)C(=O)O2)ncc1C(N)=O. The number of amides is 2. The number of nitrogens with one attached hydrogen (secondary N) is 2. The van der Waals surface area contributed by atoms with Crippen LogP contribution in [-0.2, 0) is 9.53 Å². The van der Waals surface area contributed by atoms with Crippen molar-refractivity contribution in [2.45, 2.75) is 32.3 Å². The molecule has 0 saturated carbocycles. The molecule has 1 spiro atoms. The number of hydrogen-bond donors (Lipinski definition) is 3. The molecule has 2 saturated heterocycles. The molecule has 3 heterocycles. The van der Waals surface area contributed by atoms with Gasteiger partial charge in [0.15, 0.2) is 0 Å². The summed E-state index contributed by atoms with van der Waals surface area (Å²) in [6.45, 7) is 3.56. The van der Waals surface area contributed by atoms with Crippen LogP contribution in [-0.4, -0.2) is 48.5 Å². The van der Waals surface area contributed by atoms with E-state index < -0.39 is 11.3 Å². The van der Waals surface area contributed by atoms with Gasteiger partial charge in [-0.3, -0.25) is 19.4 Å². The summed E-state index contributed by atoms with van der Waals surface area (Å²) in [5.41, 5.74) is 5.90. The van der Waals surface area contributed by atoms with Gasteiger partial charge in [-0.15, -0.1) is 0 Å². The number of aromatic nitrogens is 1. The lowest BCUT2D eigenvalue weighted by molar-refractivity contribution is -0.149. The van der Waals surface area contributed by atoms with E-state index in [-0.39, 0.29) is 35.8 Å². The predicted octanol–water partition coefficient (Wildman–Crippen LogP) is -0.0960. The van der Waals surface area contributed by atoms with E-state index in [1.807, 2.05) is 0 Å². The van der Waals surface area contributed by atoms with E-state index in [1.165, 1.54) is 12.3 Å². The van der Waals surface area contributed by atoms with Crippen molar-refractivity contribution in [3.8, 4) is 0 Å². The minimum atomic E-state index is -0.581. The number of nitrogens with two attached hydrogens (primary N) is 1. The Kier molecular flexibility index (Phi) is 4.71. The predicted molar refractivity (Wildman–Crippen MR) is 88.9 cm³/mol. The summed E-state index contributed by atoms with van der Waals surface area (Å²) in [6.07, 6.45) is 3.14. The highest BCUT2D eigenvalue weighted by molar-refractivity contribution is 5.96. The van der Waals surface area contributed by atoms with Gasteiger partial charge >= 0.3 is 5.97 Å². The number of ether oxygens (including phenoxy) is 1. The summed E-state index contributed by atoms with van der Waals surface area (Å²) in [4.78, 5) is 39.6. The number of carbonyl (C=O) groups is 3. The summed E-state index contributed by atoms with van der Waals surface area (Å²) < 4.78 is 5.45. The molecule has 1 aromatic heterocycles. The third-order valence-electron chi connectivity index (χ3n) is 4.98. The van der Waals surface area contributed by atoms with Gasteiger partial charge in [0.25, 0.3) is 11.8 Å². The lowest BCUT2D eigenvalue weighted by atomic mass is 9.76. The fourth-order valence-electron chi connectivity index (χ4n) is 3.50. The first-order valence-corrected chi connectivity index (χ1v) is 8.38. The number of aryl methyl sites for hydroxylation is 1. The van der Waals surface area contributed by atoms with Crippen LogP contribution in [0.25, 0.3) is 0 Å². The van der Waals surface area contributed by atoms with Gasteiger partial charge in [-0.1, -0.05) is 0 Å². The highest BCUT2D eigenvalue weighted by atomic mass is 16.6. The van der Waals surface area contributed by atoms with Crippen LogP contribution < -0.4 is 16.4 Å². The van der Waals surface area contributed by atoms with Gasteiger partial charge in [0.05, 0.1) is 17.5 Å². The Morgan fingerprint density at radius 1 is 1.44 bits per heavy atom. The Labute approximate surface area is 145 Å². The molecule has 0 aliphatic carbocycles. The fraction of sp³-hybridized carbons (Fsp3) is 0.529. The first kappa shape index (κ1) is 17.3. The van der Waals surface area contributed by atoms with E-state index in [9.17, 15) is 14.4 Å². The van der Waals surface area contributed by atoms with Crippen LogP contribution in [0.4, 0.5) is 0 Å². The Morgan fingerprint density at radius 3 is 2.80 bits per heavy atom. The van der Waals surface area contributed by atoms with E-state index in [0.29, 0.717) is 12.0 Å². The number of hydrogen-bond acceptors (Lipinski definition) is 6. The van der Waals surface area contributed by atoms with E-state index in [4.69, 9.17) is 10.5 Å². The van der Waals surface area contributed by atoms with Gasteiger partial charge in [0.2, 0.25) is 0 Å². The molecule has 1 aromatic rings. The zero-order chi connectivity index (χ0) is 18.0. The number of nitrogens with zero attached hydrogens (tertiary/aromatic N) is 1. The minimum absolute atomic E-state index is 0.159. The van der Waals surface area contributed by atoms with Gasteiger partial charge in [0, 0.05) is 12.6 Å². The maximum absolute atomic E-state index is 12.2. The van der Waals surface area contributed by atoms with E-state index in [1.54, 1.807) is 6.92 Å². The number of carbonyl (C=O) groups excluding carboxylic acids is 3. The number of pyridine rings is 1. The van der Waals surface area contributed by atoms with Crippen LogP contribution in [0.15, 0.2) is 12.3 Å². The number of esters is 1. The van der Waals surface area contributed by atoms with E-state index >= 15 is 0 Å². The Balaban J connectivity index is 1.59. The molecule has 2 fully saturated rings. The minimum Gasteiger partial charge on any atom is -0.460 e. The van der Waals surface area contributed by atoms with Crippen molar-refractivity contribution < 1.29 is 19.1 Å². The molecular weight excluding hydrogens is 324 g/mol. The van der Waals surface area contributed by atoms with Gasteiger partial charge in [0.1, 0.15) is 11.8 Å². The monoisotopic (exact) mass is 346 g/mol. The lowest BCUT2D eigenvalue weighted by Crippen LogP contribution is -2.39. The molecule has 1 atom stereocenters. The van der Waals surface area contributed by atoms with Crippen LogP contribution in [0.5, 0.6) is 0 Å². The molecular formula is C17H22N4O4. The summed E-state index contributed by atoms with van der Waals surface area (Å²) in [5.74, 6) is -1.11. The van der Waals surface area contributed by atoms with Gasteiger partial charge < -0.3 is 21.1 Å². The van der Waals surface area contributed by atoms with Crippen molar-refractivity contribution in [1.29, 1.82) is 0 Å². The first-order valence-electron chi connectivity index (χ1n) is 8.38. The second kappa shape index (κ2) is 6.79. The number of cyclic esters (lactones) is 1. The fourth-order valence-corrected chi connectivity index (χ4v) is 3.50. The smallest absolute Gasteiger partial charge is 0.312 e. The molecule has 2 aliphatic heterocycles. The zero-order valence-corrected chi connectivity index (χ0v) is 14.1. The van der Waals surface area contributed by atoms with E-state index in [2.05, 4.69) is 15.6 Å². The van der Waals surface area contributed by atoms with Crippen LogP contribution >= 0.6 is 0 Å². The third kappa shape index (κ3) is 3.48. The topological polar surface area (TPSA) is 123 Å². The molecule has 134 valence electrons. The van der Waals surface area contributed by atoms with Crippen LogP contribution in [0.3, 0.4) is 0 Å². The second-order valence-corrected chi connectivity index (χ2v) is 6.72. The standard InChI is InChI=1S/C17H22N4O4/c1-10-6-13(20-9-12(10)14(18)22)15(23)21-8-11-7-17(16(24)25-11)2-4-19-5-3-17/h6,9,11,19H,2-5,7-8H2,1H3,(H2,18,22)(H,21,23). The molecule has 2 amide bonds. The molecule has 8 nitrogen and oxygen atoms in total. The first-order chi connectivity index (χ1) is 11.9. The normalized spacial score (nSPS) is 21.8.